The number of hydrogen-bond acceptors (Lipinski definition) is 3. The molecule has 1 aromatic rings. The van der Waals surface area contributed by atoms with E-state index in [4.69, 9.17) is 16.3 Å². The van der Waals surface area contributed by atoms with Crippen molar-refractivity contribution >= 4 is 11.6 Å². The van der Waals surface area contributed by atoms with Gasteiger partial charge in [-0.3, -0.25) is 4.90 Å². The summed E-state index contributed by atoms with van der Waals surface area (Å²) in [7, 11) is 1.65. The van der Waals surface area contributed by atoms with Gasteiger partial charge >= 0.3 is 0 Å². The summed E-state index contributed by atoms with van der Waals surface area (Å²) in [6.07, 6.45) is 2.92. The number of hydrogen-bond donors (Lipinski definition) is 1. The number of nitrogens with one attached hydrogen (secondary N) is 1. The Kier molecular flexibility index (Phi) is 5.25. The van der Waals surface area contributed by atoms with Crippen LogP contribution in [0.15, 0.2) is 30.9 Å². The summed E-state index contributed by atoms with van der Waals surface area (Å²) in [6, 6.07) is 6.39. The standard InChI is InChI=1S/C15H21ClN2O/c1-3-4-14(18-9-7-17-8-10-18)12-5-6-13(16)15(11-12)19-2/h3,5-6,11,14,17H,1,4,7-10H2,2H3/t14-/m1/s1. The van der Waals surface area contributed by atoms with Crippen molar-refractivity contribution in [3.8, 4) is 5.75 Å². The molecule has 3 nitrogen and oxygen atoms in total. The molecular formula is C15H21ClN2O. The molecule has 1 aliphatic rings. The van der Waals surface area contributed by atoms with Gasteiger partial charge < -0.3 is 10.1 Å². The Morgan fingerprint density at radius 1 is 1.47 bits per heavy atom. The van der Waals surface area contributed by atoms with Gasteiger partial charge in [-0.05, 0) is 24.1 Å². The molecule has 4 heteroatoms. The van der Waals surface area contributed by atoms with Crippen LogP contribution in [-0.4, -0.2) is 38.2 Å². The third kappa shape index (κ3) is 3.50. The molecule has 0 bridgehead atoms. The minimum absolute atomic E-state index is 0.353. The molecular weight excluding hydrogens is 260 g/mol. The molecule has 19 heavy (non-hydrogen) atoms. The third-order valence-corrected chi connectivity index (χ3v) is 3.85. The normalized spacial score (nSPS) is 18.0. The molecule has 0 saturated carbocycles. The Morgan fingerprint density at radius 2 is 2.21 bits per heavy atom. The van der Waals surface area contributed by atoms with Gasteiger partial charge in [0.25, 0.3) is 0 Å². The van der Waals surface area contributed by atoms with Gasteiger partial charge in [0.1, 0.15) is 5.75 Å². The number of methoxy groups -OCH3 is 1. The first-order valence-electron chi connectivity index (χ1n) is 6.65. The molecule has 0 aliphatic carbocycles. The van der Waals surface area contributed by atoms with E-state index in [2.05, 4.69) is 22.9 Å². The van der Waals surface area contributed by atoms with E-state index in [1.807, 2.05) is 18.2 Å². The lowest BCUT2D eigenvalue weighted by Gasteiger charge is -2.35. The Hall–Kier alpha value is -1.03. The molecule has 104 valence electrons. The van der Waals surface area contributed by atoms with Crippen molar-refractivity contribution in [2.45, 2.75) is 12.5 Å². The second-order valence-electron chi connectivity index (χ2n) is 4.72. The van der Waals surface area contributed by atoms with Crippen LogP contribution in [0.3, 0.4) is 0 Å². The predicted molar refractivity (Wildman–Crippen MR) is 80.0 cm³/mol. The van der Waals surface area contributed by atoms with Gasteiger partial charge in [-0.1, -0.05) is 23.7 Å². The van der Waals surface area contributed by atoms with E-state index in [0.717, 1.165) is 38.3 Å². The zero-order chi connectivity index (χ0) is 13.7. The Morgan fingerprint density at radius 3 is 2.84 bits per heavy atom. The molecule has 1 atom stereocenters. The quantitative estimate of drug-likeness (QED) is 0.840. The van der Waals surface area contributed by atoms with Gasteiger partial charge in [-0.15, -0.1) is 6.58 Å². The maximum atomic E-state index is 6.10. The minimum atomic E-state index is 0.353. The van der Waals surface area contributed by atoms with Gasteiger partial charge in [0.05, 0.1) is 12.1 Å². The first-order chi connectivity index (χ1) is 9.26. The molecule has 1 aliphatic heterocycles. The first-order valence-corrected chi connectivity index (χ1v) is 7.03. The second kappa shape index (κ2) is 6.94. The molecule has 2 rings (SSSR count). The topological polar surface area (TPSA) is 24.5 Å². The molecule has 1 N–H and O–H groups in total. The van der Waals surface area contributed by atoms with Crippen LogP contribution in [0.5, 0.6) is 5.75 Å². The predicted octanol–water partition coefficient (Wildman–Crippen LogP) is 2.87. The molecule has 1 aromatic carbocycles. The molecule has 1 fully saturated rings. The smallest absolute Gasteiger partial charge is 0.137 e. The highest BCUT2D eigenvalue weighted by atomic mass is 35.5. The maximum absolute atomic E-state index is 6.10. The lowest BCUT2D eigenvalue weighted by Crippen LogP contribution is -2.45. The summed E-state index contributed by atoms with van der Waals surface area (Å²) in [5.41, 5.74) is 1.24. The van der Waals surface area contributed by atoms with Gasteiger partial charge in [0.15, 0.2) is 0 Å². The largest absolute Gasteiger partial charge is 0.495 e. The van der Waals surface area contributed by atoms with Crippen LogP contribution in [-0.2, 0) is 0 Å². The van der Waals surface area contributed by atoms with Crippen molar-refractivity contribution in [2.24, 2.45) is 0 Å². The van der Waals surface area contributed by atoms with E-state index < -0.39 is 0 Å². The molecule has 0 aromatic heterocycles. The van der Waals surface area contributed by atoms with E-state index in [0.29, 0.717) is 11.1 Å². The summed E-state index contributed by atoms with van der Waals surface area (Å²) in [5.74, 6) is 0.739. The highest BCUT2D eigenvalue weighted by molar-refractivity contribution is 6.32. The number of piperazine rings is 1. The number of benzene rings is 1. The summed E-state index contributed by atoms with van der Waals surface area (Å²) >= 11 is 6.10. The van der Waals surface area contributed by atoms with Gasteiger partial charge in [0.2, 0.25) is 0 Å². The number of rotatable bonds is 5. The second-order valence-corrected chi connectivity index (χ2v) is 5.13. The fourth-order valence-corrected chi connectivity index (χ4v) is 2.73. The fourth-order valence-electron chi connectivity index (χ4n) is 2.53. The zero-order valence-electron chi connectivity index (χ0n) is 11.4. The Bertz CT molecular complexity index is 430. The highest BCUT2D eigenvalue weighted by Crippen LogP contribution is 2.32. The van der Waals surface area contributed by atoms with E-state index in [1.165, 1.54) is 5.56 Å². The van der Waals surface area contributed by atoms with Crippen LogP contribution >= 0.6 is 11.6 Å². The van der Waals surface area contributed by atoms with E-state index in [1.54, 1.807) is 7.11 Å². The minimum Gasteiger partial charge on any atom is -0.495 e. The van der Waals surface area contributed by atoms with Crippen molar-refractivity contribution in [3.05, 3.63) is 41.4 Å². The molecule has 1 heterocycles. The van der Waals surface area contributed by atoms with Gasteiger partial charge in [0, 0.05) is 32.2 Å². The number of nitrogens with zero attached hydrogens (tertiary/aromatic N) is 1. The zero-order valence-corrected chi connectivity index (χ0v) is 12.1. The SMILES string of the molecule is C=CC[C@H](c1ccc(Cl)c(OC)c1)N1CCNCC1. The van der Waals surface area contributed by atoms with Gasteiger partial charge in [-0.25, -0.2) is 0 Å². The van der Waals surface area contributed by atoms with E-state index in [9.17, 15) is 0 Å². The van der Waals surface area contributed by atoms with E-state index in [-0.39, 0.29) is 0 Å². The van der Waals surface area contributed by atoms with Crippen LogP contribution in [0.1, 0.15) is 18.0 Å². The van der Waals surface area contributed by atoms with Crippen molar-refractivity contribution < 1.29 is 4.74 Å². The lowest BCUT2D eigenvalue weighted by molar-refractivity contribution is 0.174. The average molecular weight is 281 g/mol. The summed E-state index contributed by atoms with van der Waals surface area (Å²) in [6.45, 7) is 8.08. The Labute approximate surface area is 120 Å². The fraction of sp³-hybridized carbons (Fsp3) is 0.467. The van der Waals surface area contributed by atoms with Crippen molar-refractivity contribution in [1.29, 1.82) is 0 Å². The molecule has 1 saturated heterocycles. The summed E-state index contributed by atoms with van der Waals surface area (Å²) < 4.78 is 5.31. The van der Waals surface area contributed by atoms with Crippen LogP contribution in [0.25, 0.3) is 0 Å². The molecule has 0 spiro atoms. The van der Waals surface area contributed by atoms with Gasteiger partial charge in [-0.2, -0.15) is 0 Å². The third-order valence-electron chi connectivity index (χ3n) is 3.54. The molecule has 0 unspecified atom stereocenters. The van der Waals surface area contributed by atoms with Crippen molar-refractivity contribution in [3.63, 3.8) is 0 Å². The van der Waals surface area contributed by atoms with Crippen LogP contribution < -0.4 is 10.1 Å². The average Bonchev–Trinajstić information content (AvgIpc) is 2.46. The lowest BCUT2D eigenvalue weighted by atomic mass is 10.0. The highest BCUT2D eigenvalue weighted by Gasteiger charge is 2.21. The number of halogens is 1. The van der Waals surface area contributed by atoms with Crippen molar-refractivity contribution in [2.75, 3.05) is 33.3 Å². The van der Waals surface area contributed by atoms with E-state index >= 15 is 0 Å². The first kappa shape index (κ1) is 14.4. The molecule has 0 radical (unpaired) electrons. The maximum Gasteiger partial charge on any atom is 0.137 e. The number of ether oxygens (including phenoxy) is 1. The van der Waals surface area contributed by atoms with Crippen LogP contribution in [0, 0.1) is 0 Å². The van der Waals surface area contributed by atoms with Crippen molar-refractivity contribution in [1.82, 2.24) is 10.2 Å². The Balaban J connectivity index is 2.24. The van der Waals surface area contributed by atoms with Crippen LogP contribution in [0.2, 0.25) is 5.02 Å². The van der Waals surface area contributed by atoms with Crippen LogP contribution in [0.4, 0.5) is 0 Å². The molecule has 0 amide bonds. The monoisotopic (exact) mass is 280 g/mol. The summed E-state index contributed by atoms with van der Waals surface area (Å²) in [5, 5.41) is 4.04. The summed E-state index contributed by atoms with van der Waals surface area (Å²) in [4.78, 5) is 2.49.